The minimum atomic E-state index is -3.70. The van der Waals surface area contributed by atoms with Gasteiger partial charge in [0.2, 0.25) is 0 Å². The molecule has 2 aromatic carbocycles. The van der Waals surface area contributed by atoms with Gasteiger partial charge in [-0.1, -0.05) is 30.3 Å². The Bertz CT molecular complexity index is 794. The fourth-order valence-electron chi connectivity index (χ4n) is 3.02. The maximum Gasteiger partial charge on any atom is 0.183 e. The molecule has 0 spiro atoms. The van der Waals surface area contributed by atoms with Crippen LogP contribution in [-0.2, 0) is 9.84 Å². The van der Waals surface area contributed by atoms with Crippen molar-refractivity contribution in [1.82, 2.24) is 0 Å². The van der Waals surface area contributed by atoms with Crippen molar-refractivity contribution in [2.45, 2.75) is 21.6 Å². The lowest BCUT2D eigenvalue weighted by Gasteiger charge is -2.08. The third-order valence-corrected chi connectivity index (χ3v) is 6.50. The monoisotopic (exact) mass is 321 g/mol. The normalized spacial score (nSPS) is 27.6. The summed E-state index contributed by atoms with van der Waals surface area (Å²) in [6.45, 7) is -0.481. The van der Waals surface area contributed by atoms with Gasteiger partial charge in [0.05, 0.1) is 22.3 Å². The van der Waals surface area contributed by atoms with Crippen LogP contribution in [0, 0.1) is 5.82 Å². The first-order valence-corrected chi connectivity index (χ1v) is 8.40. The van der Waals surface area contributed by atoms with Crippen molar-refractivity contribution in [3.63, 3.8) is 0 Å². The van der Waals surface area contributed by atoms with Gasteiger partial charge in [0.1, 0.15) is 5.82 Å². The quantitative estimate of drug-likeness (QED) is 0.893. The lowest BCUT2D eigenvalue weighted by molar-refractivity contribution is 0.253. The van der Waals surface area contributed by atoms with Crippen molar-refractivity contribution in [3.05, 3.63) is 66.0 Å². The molecule has 1 fully saturated rings. The smallest absolute Gasteiger partial charge is 0.183 e. The molecular formula is C16H16FNO3S. The van der Waals surface area contributed by atoms with E-state index in [0.717, 1.165) is 0 Å². The lowest BCUT2D eigenvalue weighted by Crippen LogP contribution is -2.35. The van der Waals surface area contributed by atoms with Crippen LogP contribution in [-0.4, -0.2) is 30.9 Å². The van der Waals surface area contributed by atoms with Gasteiger partial charge in [0.15, 0.2) is 9.84 Å². The molecule has 22 heavy (non-hydrogen) atoms. The Hall–Kier alpha value is -1.76. The molecule has 1 saturated carbocycles. The summed E-state index contributed by atoms with van der Waals surface area (Å²) in [5.74, 6) is -1.08. The van der Waals surface area contributed by atoms with E-state index < -0.39 is 39.0 Å². The molecule has 3 N–H and O–H groups in total. The largest absolute Gasteiger partial charge is 0.394 e. The van der Waals surface area contributed by atoms with Crippen LogP contribution in [0.4, 0.5) is 4.39 Å². The standard InChI is InChI=1S/C16H16FNO3S/c17-12-6-4-5-11(9-12)14-15(16(14,18)10-19)22(20,21)13-7-2-1-3-8-13/h1-9,14-15,19H,10,18H2/t14-,15+,16+/m1/s1. The summed E-state index contributed by atoms with van der Waals surface area (Å²) < 4.78 is 38.9. The highest BCUT2D eigenvalue weighted by molar-refractivity contribution is 7.92. The number of aliphatic hydroxyl groups is 1. The van der Waals surface area contributed by atoms with E-state index >= 15 is 0 Å². The predicted octanol–water partition coefficient (Wildman–Crippen LogP) is 1.46. The summed E-state index contributed by atoms with van der Waals surface area (Å²) in [6, 6.07) is 13.7. The average molecular weight is 321 g/mol. The predicted molar refractivity (Wildman–Crippen MR) is 80.6 cm³/mol. The van der Waals surface area contributed by atoms with E-state index in [4.69, 9.17) is 5.73 Å². The molecule has 116 valence electrons. The van der Waals surface area contributed by atoms with Gasteiger partial charge in [-0.2, -0.15) is 0 Å². The molecule has 0 radical (unpaired) electrons. The van der Waals surface area contributed by atoms with E-state index in [1.165, 1.54) is 30.3 Å². The number of aliphatic hydroxyl groups excluding tert-OH is 1. The Balaban J connectivity index is 2.04. The SMILES string of the molecule is N[C@@]1(CO)[C@H](c2cccc(F)c2)[C@@H]1S(=O)(=O)c1ccccc1. The second kappa shape index (κ2) is 5.15. The van der Waals surface area contributed by atoms with Crippen LogP contribution in [0.1, 0.15) is 11.5 Å². The number of rotatable bonds is 4. The van der Waals surface area contributed by atoms with Gasteiger partial charge < -0.3 is 10.8 Å². The van der Waals surface area contributed by atoms with Crippen LogP contribution in [0.5, 0.6) is 0 Å². The molecule has 0 heterocycles. The molecule has 3 rings (SSSR count). The molecule has 6 heteroatoms. The third kappa shape index (κ3) is 2.24. The van der Waals surface area contributed by atoms with Crippen molar-refractivity contribution in [1.29, 1.82) is 0 Å². The molecule has 0 unspecified atom stereocenters. The highest BCUT2D eigenvalue weighted by atomic mass is 32.2. The molecule has 1 aliphatic carbocycles. The minimum Gasteiger partial charge on any atom is -0.394 e. The number of nitrogens with two attached hydrogens (primary N) is 1. The fraction of sp³-hybridized carbons (Fsp3) is 0.250. The van der Waals surface area contributed by atoms with E-state index in [9.17, 15) is 17.9 Å². The van der Waals surface area contributed by atoms with Crippen molar-refractivity contribution in [2.24, 2.45) is 5.73 Å². The molecule has 0 aromatic heterocycles. The first-order chi connectivity index (χ1) is 10.4. The summed E-state index contributed by atoms with van der Waals surface area (Å²) in [6.07, 6.45) is 0. The van der Waals surface area contributed by atoms with Gasteiger partial charge in [-0.15, -0.1) is 0 Å². The molecule has 1 aliphatic rings. The Morgan fingerprint density at radius 1 is 1.14 bits per heavy atom. The molecule has 0 aliphatic heterocycles. The summed E-state index contributed by atoms with van der Waals surface area (Å²) in [5, 5.41) is 8.60. The highest BCUT2D eigenvalue weighted by Gasteiger charge is 2.69. The second-order valence-corrected chi connectivity index (χ2v) is 7.65. The van der Waals surface area contributed by atoms with Gasteiger partial charge in [0.25, 0.3) is 0 Å². The zero-order valence-electron chi connectivity index (χ0n) is 11.7. The molecular weight excluding hydrogens is 305 g/mol. The maximum absolute atomic E-state index is 13.4. The molecule has 2 aromatic rings. The van der Waals surface area contributed by atoms with E-state index in [1.807, 2.05) is 0 Å². The number of sulfone groups is 1. The summed E-state index contributed by atoms with van der Waals surface area (Å²) in [4.78, 5) is 0.155. The van der Waals surface area contributed by atoms with E-state index in [1.54, 1.807) is 24.3 Å². The van der Waals surface area contributed by atoms with Crippen molar-refractivity contribution < 1.29 is 17.9 Å². The topological polar surface area (TPSA) is 80.4 Å². The van der Waals surface area contributed by atoms with Crippen LogP contribution in [0.2, 0.25) is 0 Å². The van der Waals surface area contributed by atoms with E-state index in [-0.39, 0.29) is 4.90 Å². The number of hydrogen-bond acceptors (Lipinski definition) is 4. The van der Waals surface area contributed by atoms with Crippen LogP contribution in [0.25, 0.3) is 0 Å². The van der Waals surface area contributed by atoms with Crippen LogP contribution >= 0.6 is 0 Å². The number of halogens is 1. The molecule has 4 nitrogen and oxygen atoms in total. The third-order valence-electron chi connectivity index (χ3n) is 4.19. The van der Waals surface area contributed by atoms with Crippen molar-refractivity contribution in [3.8, 4) is 0 Å². The Morgan fingerprint density at radius 3 is 2.41 bits per heavy atom. The second-order valence-electron chi connectivity index (χ2n) is 5.58. The van der Waals surface area contributed by atoms with Gasteiger partial charge in [-0.25, -0.2) is 12.8 Å². The van der Waals surface area contributed by atoms with Crippen LogP contribution < -0.4 is 5.73 Å². The van der Waals surface area contributed by atoms with E-state index in [0.29, 0.717) is 5.56 Å². The minimum absolute atomic E-state index is 0.155. The summed E-state index contributed by atoms with van der Waals surface area (Å²) in [7, 11) is -3.70. The van der Waals surface area contributed by atoms with Gasteiger partial charge >= 0.3 is 0 Å². The van der Waals surface area contributed by atoms with Gasteiger partial charge in [-0.3, -0.25) is 0 Å². The zero-order chi connectivity index (χ0) is 16.0. The fourth-order valence-corrected chi connectivity index (χ4v) is 5.34. The lowest BCUT2D eigenvalue weighted by atomic mass is 10.1. The van der Waals surface area contributed by atoms with Gasteiger partial charge in [-0.05, 0) is 29.8 Å². The Labute approximate surface area is 128 Å². The molecule has 0 saturated heterocycles. The van der Waals surface area contributed by atoms with E-state index in [2.05, 4.69) is 0 Å². The first kappa shape index (κ1) is 15.1. The van der Waals surface area contributed by atoms with Gasteiger partial charge in [0, 0.05) is 5.92 Å². The molecule has 0 amide bonds. The first-order valence-electron chi connectivity index (χ1n) is 6.85. The van der Waals surface area contributed by atoms with Crippen LogP contribution in [0.15, 0.2) is 59.5 Å². The van der Waals surface area contributed by atoms with Crippen LogP contribution in [0.3, 0.4) is 0 Å². The zero-order valence-corrected chi connectivity index (χ0v) is 12.5. The highest BCUT2D eigenvalue weighted by Crippen LogP contribution is 2.55. The number of hydrogen-bond donors (Lipinski definition) is 2. The summed E-state index contributed by atoms with van der Waals surface area (Å²) >= 11 is 0. The maximum atomic E-state index is 13.4. The van der Waals surface area contributed by atoms with Crippen molar-refractivity contribution >= 4 is 9.84 Å². The summed E-state index contributed by atoms with van der Waals surface area (Å²) in [5.41, 5.74) is 5.29. The molecule has 0 bridgehead atoms. The molecule has 3 atom stereocenters. The Kier molecular flexibility index (Phi) is 3.55. The Morgan fingerprint density at radius 2 is 1.82 bits per heavy atom. The number of benzene rings is 2. The van der Waals surface area contributed by atoms with Crippen molar-refractivity contribution in [2.75, 3.05) is 6.61 Å². The average Bonchev–Trinajstić information content (AvgIpc) is 3.16.